The van der Waals surface area contributed by atoms with Gasteiger partial charge < -0.3 is 15.2 Å². The van der Waals surface area contributed by atoms with Crippen molar-refractivity contribution in [2.75, 3.05) is 19.8 Å². The van der Waals surface area contributed by atoms with Gasteiger partial charge in [0.2, 0.25) is 0 Å². The normalized spacial score (nSPS) is 11.4. The quantitative estimate of drug-likeness (QED) is 0.773. The Kier molecular flexibility index (Phi) is 6.27. The van der Waals surface area contributed by atoms with E-state index < -0.39 is 0 Å². The van der Waals surface area contributed by atoms with E-state index in [2.05, 4.69) is 52.0 Å². The Morgan fingerprint density at radius 3 is 2.25 bits per heavy atom. The Bertz CT molecular complexity index is 659. The maximum atomic E-state index is 6.02. The zero-order valence-corrected chi connectivity index (χ0v) is 15.3. The third kappa shape index (κ3) is 5.00. The predicted molar refractivity (Wildman–Crippen MR) is 100 cm³/mol. The fourth-order valence-electron chi connectivity index (χ4n) is 2.68. The Morgan fingerprint density at radius 1 is 0.917 bits per heavy atom. The van der Waals surface area contributed by atoms with Crippen LogP contribution in [-0.2, 0) is 11.8 Å². The average molecular weight is 327 g/mol. The molecule has 0 atom stereocenters. The first kappa shape index (κ1) is 18.3. The highest BCUT2D eigenvalue weighted by molar-refractivity contribution is 5.41. The van der Waals surface area contributed by atoms with Gasteiger partial charge in [0, 0.05) is 0 Å². The summed E-state index contributed by atoms with van der Waals surface area (Å²) in [6.45, 7) is 10.3. The smallest absolute Gasteiger partial charge is 0.123 e. The van der Waals surface area contributed by atoms with E-state index >= 15 is 0 Å². The Morgan fingerprint density at radius 2 is 1.58 bits per heavy atom. The molecule has 0 spiro atoms. The molecule has 0 heterocycles. The minimum absolute atomic E-state index is 0.0532. The maximum Gasteiger partial charge on any atom is 0.123 e. The molecule has 3 heteroatoms. The van der Waals surface area contributed by atoms with E-state index in [1.54, 1.807) is 0 Å². The molecule has 3 nitrogen and oxygen atoms in total. The Balaban J connectivity index is 1.97. The molecule has 0 aromatic heterocycles. The van der Waals surface area contributed by atoms with Crippen molar-refractivity contribution in [3.05, 3.63) is 59.2 Å². The monoisotopic (exact) mass is 327 g/mol. The van der Waals surface area contributed by atoms with Crippen LogP contribution < -0.4 is 15.2 Å². The summed E-state index contributed by atoms with van der Waals surface area (Å²) in [6.07, 6.45) is 0.823. The standard InChI is InChI=1S/C21H29NO2/c1-16-9-10-18(21(2,3)4)20(15-16)24-14-13-23-19-8-6-5-7-17(19)11-12-22/h5-10,15H,11-14,22H2,1-4H3. The molecular formula is C21H29NO2. The first-order valence-corrected chi connectivity index (χ1v) is 8.56. The highest BCUT2D eigenvalue weighted by Gasteiger charge is 2.18. The molecule has 0 aliphatic heterocycles. The molecular weight excluding hydrogens is 298 g/mol. The number of hydrogen-bond acceptors (Lipinski definition) is 3. The molecule has 2 rings (SSSR count). The molecule has 0 bridgehead atoms. The number of nitrogens with two attached hydrogens (primary N) is 1. The van der Waals surface area contributed by atoms with Gasteiger partial charge >= 0.3 is 0 Å². The average Bonchev–Trinajstić information content (AvgIpc) is 2.52. The van der Waals surface area contributed by atoms with Crippen LogP contribution in [0.25, 0.3) is 0 Å². The van der Waals surface area contributed by atoms with E-state index in [1.807, 2.05) is 18.2 Å². The van der Waals surface area contributed by atoms with Gasteiger partial charge in [0.1, 0.15) is 24.7 Å². The molecule has 0 aliphatic carbocycles. The van der Waals surface area contributed by atoms with Crippen molar-refractivity contribution < 1.29 is 9.47 Å². The van der Waals surface area contributed by atoms with Crippen molar-refractivity contribution in [2.45, 2.75) is 39.5 Å². The molecule has 0 amide bonds. The van der Waals surface area contributed by atoms with Gasteiger partial charge in [-0.3, -0.25) is 0 Å². The zero-order chi connectivity index (χ0) is 17.6. The van der Waals surface area contributed by atoms with Gasteiger partial charge in [-0.15, -0.1) is 0 Å². The van der Waals surface area contributed by atoms with Crippen LogP contribution in [0.5, 0.6) is 11.5 Å². The topological polar surface area (TPSA) is 44.5 Å². The van der Waals surface area contributed by atoms with Gasteiger partial charge in [-0.2, -0.15) is 0 Å². The highest BCUT2D eigenvalue weighted by Crippen LogP contribution is 2.32. The van der Waals surface area contributed by atoms with Crippen LogP contribution in [-0.4, -0.2) is 19.8 Å². The Labute approximate surface area is 145 Å². The first-order valence-electron chi connectivity index (χ1n) is 8.56. The summed E-state index contributed by atoms with van der Waals surface area (Å²) in [5.74, 6) is 1.84. The third-order valence-corrected chi connectivity index (χ3v) is 3.93. The van der Waals surface area contributed by atoms with Crippen LogP contribution in [0.15, 0.2) is 42.5 Å². The van der Waals surface area contributed by atoms with Crippen LogP contribution in [0.3, 0.4) is 0 Å². The van der Waals surface area contributed by atoms with E-state index in [4.69, 9.17) is 15.2 Å². The summed E-state index contributed by atoms with van der Waals surface area (Å²) in [4.78, 5) is 0. The molecule has 130 valence electrons. The molecule has 2 aromatic carbocycles. The number of hydrogen-bond donors (Lipinski definition) is 1. The van der Waals surface area contributed by atoms with Gasteiger partial charge in [0.25, 0.3) is 0 Å². The van der Waals surface area contributed by atoms with Gasteiger partial charge in [-0.25, -0.2) is 0 Å². The fraction of sp³-hybridized carbons (Fsp3) is 0.429. The van der Waals surface area contributed by atoms with Crippen LogP contribution in [0.2, 0.25) is 0 Å². The third-order valence-electron chi connectivity index (χ3n) is 3.93. The van der Waals surface area contributed by atoms with E-state index in [1.165, 1.54) is 11.1 Å². The molecule has 0 saturated heterocycles. The van der Waals surface area contributed by atoms with E-state index in [0.717, 1.165) is 23.5 Å². The maximum absolute atomic E-state index is 6.02. The van der Waals surface area contributed by atoms with Crippen molar-refractivity contribution in [3.63, 3.8) is 0 Å². The number of aryl methyl sites for hydroxylation is 1. The number of rotatable bonds is 7. The lowest BCUT2D eigenvalue weighted by atomic mass is 9.86. The molecule has 2 N–H and O–H groups in total. The van der Waals surface area contributed by atoms with Crippen molar-refractivity contribution in [3.8, 4) is 11.5 Å². The number of ether oxygens (including phenoxy) is 2. The lowest BCUT2D eigenvalue weighted by molar-refractivity contribution is 0.213. The summed E-state index contributed by atoms with van der Waals surface area (Å²) < 4.78 is 11.9. The largest absolute Gasteiger partial charge is 0.490 e. The summed E-state index contributed by atoms with van der Waals surface area (Å²) in [5.41, 5.74) is 9.27. The minimum Gasteiger partial charge on any atom is -0.490 e. The fourth-order valence-corrected chi connectivity index (χ4v) is 2.68. The Hall–Kier alpha value is -2.00. The van der Waals surface area contributed by atoms with Gasteiger partial charge in [0.15, 0.2) is 0 Å². The molecule has 0 aliphatic rings. The second-order valence-corrected chi connectivity index (χ2v) is 7.09. The van der Waals surface area contributed by atoms with Crippen molar-refractivity contribution in [1.29, 1.82) is 0 Å². The number of para-hydroxylation sites is 1. The zero-order valence-electron chi connectivity index (χ0n) is 15.3. The van der Waals surface area contributed by atoms with Crippen molar-refractivity contribution in [2.24, 2.45) is 5.73 Å². The van der Waals surface area contributed by atoms with Crippen molar-refractivity contribution >= 4 is 0 Å². The molecule has 24 heavy (non-hydrogen) atoms. The van der Waals surface area contributed by atoms with E-state index in [-0.39, 0.29) is 5.41 Å². The predicted octanol–water partition coefficient (Wildman–Crippen LogP) is 4.25. The molecule has 2 aromatic rings. The first-order chi connectivity index (χ1) is 11.4. The second kappa shape index (κ2) is 8.20. The summed E-state index contributed by atoms with van der Waals surface area (Å²) in [5, 5.41) is 0. The summed E-state index contributed by atoms with van der Waals surface area (Å²) in [6, 6.07) is 14.4. The van der Waals surface area contributed by atoms with Gasteiger partial charge in [-0.1, -0.05) is 51.1 Å². The van der Waals surface area contributed by atoms with E-state index in [0.29, 0.717) is 19.8 Å². The second-order valence-electron chi connectivity index (χ2n) is 7.09. The van der Waals surface area contributed by atoms with Crippen LogP contribution in [0.4, 0.5) is 0 Å². The summed E-state index contributed by atoms with van der Waals surface area (Å²) in [7, 11) is 0. The highest BCUT2D eigenvalue weighted by atomic mass is 16.5. The summed E-state index contributed by atoms with van der Waals surface area (Å²) >= 11 is 0. The van der Waals surface area contributed by atoms with Gasteiger partial charge in [-0.05, 0) is 54.1 Å². The van der Waals surface area contributed by atoms with E-state index in [9.17, 15) is 0 Å². The SMILES string of the molecule is Cc1ccc(C(C)(C)C)c(OCCOc2ccccc2CCN)c1. The van der Waals surface area contributed by atoms with Crippen LogP contribution in [0, 0.1) is 6.92 Å². The molecule has 0 radical (unpaired) electrons. The van der Waals surface area contributed by atoms with Crippen LogP contribution in [0.1, 0.15) is 37.5 Å². The lowest BCUT2D eigenvalue weighted by Crippen LogP contribution is -2.16. The molecule has 0 saturated carbocycles. The minimum atomic E-state index is 0.0532. The number of benzene rings is 2. The molecule has 0 unspecified atom stereocenters. The van der Waals surface area contributed by atoms with Crippen LogP contribution >= 0.6 is 0 Å². The molecule has 0 fully saturated rings. The van der Waals surface area contributed by atoms with Crippen molar-refractivity contribution in [1.82, 2.24) is 0 Å². The lowest BCUT2D eigenvalue weighted by Gasteiger charge is -2.23. The van der Waals surface area contributed by atoms with Gasteiger partial charge in [0.05, 0.1) is 0 Å².